The molecule has 0 aromatic heterocycles. The lowest BCUT2D eigenvalue weighted by Gasteiger charge is -2.21. The molecule has 5 nitrogen and oxygen atoms in total. The zero-order valence-corrected chi connectivity index (χ0v) is 12.5. The van der Waals surface area contributed by atoms with Gasteiger partial charge in [0.2, 0.25) is 0 Å². The molecule has 0 atom stereocenters. The van der Waals surface area contributed by atoms with E-state index in [1.165, 1.54) is 5.56 Å². The van der Waals surface area contributed by atoms with E-state index in [0.717, 1.165) is 31.6 Å². The van der Waals surface area contributed by atoms with E-state index in [0.29, 0.717) is 6.54 Å². The van der Waals surface area contributed by atoms with Crippen LogP contribution in [0.3, 0.4) is 0 Å². The highest BCUT2D eigenvalue weighted by Gasteiger charge is 2.08. The first kappa shape index (κ1) is 16.1. The van der Waals surface area contributed by atoms with Crippen LogP contribution in [0.5, 0.6) is 0 Å². The smallest absolute Gasteiger partial charge is 0.269 e. The fourth-order valence-corrected chi connectivity index (χ4v) is 2.37. The maximum Gasteiger partial charge on any atom is 0.269 e. The van der Waals surface area contributed by atoms with Crippen molar-refractivity contribution in [1.29, 1.82) is 0 Å². The molecule has 0 aliphatic carbocycles. The van der Waals surface area contributed by atoms with Crippen molar-refractivity contribution in [2.24, 2.45) is 5.73 Å². The summed E-state index contributed by atoms with van der Waals surface area (Å²) in [6, 6.07) is 17.0. The van der Waals surface area contributed by atoms with Gasteiger partial charge in [-0.25, -0.2) is 0 Å². The molecule has 2 aromatic carbocycles. The van der Waals surface area contributed by atoms with E-state index in [9.17, 15) is 10.1 Å². The molecule has 0 aliphatic rings. The largest absolute Gasteiger partial charge is 0.329 e. The van der Waals surface area contributed by atoms with Gasteiger partial charge in [-0.2, -0.15) is 0 Å². The van der Waals surface area contributed by atoms with Crippen LogP contribution < -0.4 is 5.73 Å². The molecule has 0 fully saturated rings. The van der Waals surface area contributed by atoms with Crippen molar-refractivity contribution in [3.8, 4) is 0 Å². The van der Waals surface area contributed by atoms with Gasteiger partial charge in [-0.1, -0.05) is 42.5 Å². The van der Waals surface area contributed by atoms with Crippen LogP contribution in [0.25, 0.3) is 0 Å². The van der Waals surface area contributed by atoms with Gasteiger partial charge in [-0.3, -0.25) is 15.0 Å². The molecule has 0 radical (unpaired) electrons. The maximum absolute atomic E-state index is 10.7. The van der Waals surface area contributed by atoms with E-state index < -0.39 is 0 Å². The van der Waals surface area contributed by atoms with E-state index in [2.05, 4.69) is 17.0 Å². The number of nitrogens with two attached hydrogens (primary N) is 1. The van der Waals surface area contributed by atoms with Crippen LogP contribution in [0.4, 0.5) is 5.69 Å². The third-order valence-corrected chi connectivity index (χ3v) is 3.56. The van der Waals surface area contributed by atoms with Crippen molar-refractivity contribution in [3.63, 3.8) is 0 Å². The molecule has 2 N–H and O–H groups in total. The first-order valence-corrected chi connectivity index (χ1v) is 7.38. The molecule has 0 saturated carbocycles. The van der Waals surface area contributed by atoms with Crippen LogP contribution in [0.1, 0.15) is 11.1 Å². The average Bonchev–Trinajstić information content (AvgIpc) is 2.54. The normalized spacial score (nSPS) is 10.8. The van der Waals surface area contributed by atoms with E-state index in [1.54, 1.807) is 12.1 Å². The Bertz CT molecular complexity index is 585. The summed E-state index contributed by atoms with van der Waals surface area (Å²) in [6.07, 6.45) is 0.966. The first-order valence-electron chi connectivity index (χ1n) is 7.38. The van der Waals surface area contributed by atoms with Crippen molar-refractivity contribution in [2.45, 2.75) is 13.0 Å². The predicted octanol–water partition coefficient (Wildman–Crippen LogP) is 2.60. The molecule has 0 heterocycles. The first-order chi connectivity index (χ1) is 10.7. The van der Waals surface area contributed by atoms with Gasteiger partial charge in [-0.05, 0) is 17.5 Å². The van der Waals surface area contributed by atoms with Crippen LogP contribution >= 0.6 is 0 Å². The average molecular weight is 299 g/mol. The third kappa shape index (κ3) is 4.95. The summed E-state index contributed by atoms with van der Waals surface area (Å²) in [5.74, 6) is 0. The minimum absolute atomic E-state index is 0.124. The van der Waals surface area contributed by atoms with Gasteiger partial charge in [0.15, 0.2) is 0 Å². The standard InChI is InChI=1S/C17H21N3O2/c18-11-13-19(12-10-15-4-2-1-3-5-15)14-16-6-8-17(9-7-16)20(21)22/h1-9H,10-14,18H2. The van der Waals surface area contributed by atoms with Crippen molar-refractivity contribution in [3.05, 3.63) is 75.8 Å². The fourth-order valence-electron chi connectivity index (χ4n) is 2.37. The molecular weight excluding hydrogens is 278 g/mol. The highest BCUT2D eigenvalue weighted by molar-refractivity contribution is 5.32. The number of nitro benzene ring substituents is 1. The van der Waals surface area contributed by atoms with E-state index >= 15 is 0 Å². The quantitative estimate of drug-likeness (QED) is 0.600. The molecule has 0 spiro atoms. The number of nitro groups is 1. The predicted molar refractivity (Wildman–Crippen MR) is 87.6 cm³/mol. The molecule has 0 aliphatic heterocycles. The molecule has 0 bridgehead atoms. The Morgan fingerprint density at radius 2 is 1.64 bits per heavy atom. The summed E-state index contributed by atoms with van der Waals surface area (Å²) in [5, 5.41) is 10.7. The number of rotatable bonds is 8. The molecule has 0 saturated heterocycles. The SMILES string of the molecule is NCCN(CCc1ccccc1)Cc1ccc([N+](=O)[O-])cc1. The molecule has 22 heavy (non-hydrogen) atoms. The molecule has 116 valence electrons. The van der Waals surface area contributed by atoms with Gasteiger partial charge in [-0.15, -0.1) is 0 Å². The summed E-state index contributed by atoms with van der Waals surface area (Å²) in [6.45, 7) is 3.08. The highest BCUT2D eigenvalue weighted by atomic mass is 16.6. The Kier molecular flexibility index (Phi) is 6.06. The van der Waals surface area contributed by atoms with Gasteiger partial charge >= 0.3 is 0 Å². The number of nitrogens with zero attached hydrogens (tertiary/aromatic N) is 2. The van der Waals surface area contributed by atoms with Crippen molar-refractivity contribution in [2.75, 3.05) is 19.6 Å². The number of non-ortho nitro benzene ring substituents is 1. The summed E-state index contributed by atoms with van der Waals surface area (Å²) >= 11 is 0. The Morgan fingerprint density at radius 1 is 0.955 bits per heavy atom. The van der Waals surface area contributed by atoms with E-state index in [-0.39, 0.29) is 10.6 Å². The minimum Gasteiger partial charge on any atom is -0.329 e. The Morgan fingerprint density at radius 3 is 2.23 bits per heavy atom. The zero-order valence-electron chi connectivity index (χ0n) is 12.5. The van der Waals surface area contributed by atoms with Crippen LogP contribution in [-0.4, -0.2) is 29.5 Å². The summed E-state index contributed by atoms with van der Waals surface area (Å²) in [5.41, 5.74) is 8.17. The third-order valence-electron chi connectivity index (χ3n) is 3.56. The van der Waals surface area contributed by atoms with Gasteiger partial charge < -0.3 is 5.73 Å². The molecule has 2 rings (SSSR count). The Labute approximate surface area is 130 Å². The highest BCUT2D eigenvalue weighted by Crippen LogP contribution is 2.13. The van der Waals surface area contributed by atoms with Gasteiger partial charge in [0, 0.05) is 38.3 Å². The van der Waals surface area contributed by atoms with Crippen LogP contribution in [0, 0.1) is 10.1 Å². The lowest BCUT2D eigenvalue weighted by Crippen LogP contribution is -2.31. The molecule has 0 amide bonds. The second-order valence-electron chi connectivity index (χ2n) is 5.22. The second kappa shape index (κ2) is 8.26. The zero-order chi connectivity index (χ0) is 15.8. The summed E-state index contributed by atoms with van der Waals surface area (Å²) in [4.78, 5) is 12.6. The monoisotopic (exact) mass is 299 g/mol. The fraction of sp³-hybridized carbons (Fsp3) is 0.294. The summed E-state index contributed by atoms with van der Waals surface area (Å²) < 4.78 is 0. The van der Waals surface area contributed by atoms with Crippen LogP contribution in [-0.2, 0) is 13.0 Å². The van der Waals surface area contributed by atoms with Gasteiger partial charge in [0.1, 0.15) is 0 Å². The minimum atomic E-state index is -0.378. The Hall–Kier alpha value is -2.24. The number of hydrogen-bond acceptors (Lipinski definition) is 4. The Balaban J connectivity index is 1.94. The number of benzene rings is 2. The van der Waals surface area contributed by atoms with Crippen LogP contribution in [0.2, 0.25) is 0 Å². The maximum atomic E-state index is 10.7. The van der Waals surface area contributed by atoms with Crippen molar-refractivity contribution < 1.29 is 4.92 Å². The van der Waals surface area contributed by atoms with E-state index in [1.807, 2.05) is 30.3 Å². The number of hydrogen-bond donors (Lipinski definition) is 1. The molecule has 2 aromatic rings. The van der Waals surface area contributed by atoms with Crippen molar-refractivity contribution in [1.82, 2.24) is 4.90 Å². The topological polar surface area (TPSA) is 72.4 Å². The van der Waals surface area contributed by atoms with Crippen molar-refractivity contribution >= 4 is 5.69 Å². The molecular formula is C17H21N3O2. The van der Waals surface area contributed by atoms with Crippen LogP contribution in [0.15, 0.2) is 54.6 Å². The summed E-state index contributed by atoms with van der Waals surface area (Å²) in [7, 11) is 0. The lowest BCUT2D eigenvalue weighted by molar-refractivity contribution is -0.384. The second-order valence-corrected chi connectivity index (χ2v) is 5.22. The molecule has 5 heteroatoms. The lowest BCUT2D eigenvalue weighted by atomic mass is 10.1. The molecule has 0 unspecified atom stereocenters. The van der Waals surface area contributed by atoms with E-state index in [4.69, 9.17) is 5.73 Å². The van der Waals surface area contributed by atoms with Gasteiger partial charge in [0.25, 0.3) is 5.69 Å². The van der Waals surface area contributed by atoms with Gasteiger partial charge in [0.05, 0.1) is 4.92 Å².